The fourth-order valence-corrected chi connectivity index (χ4v) is 5.64. The molecule has 0 saturated carbocycles. The third kappa shape index (κ3) is 5.73. The Morgan fingerprint density at radius 1 is 1.12 bits per heavy atom. The van der Waals surface area contributed by atoms with Gasteiger partial charge >= 0.3 is 0 Å². The van der Waals surface area contributed by atoms with Crippen molar-refractivity contribution in [3.63, 3.8) is 0 Å². The number of hydrogen-bond acceptors (Lipinski definition) is 7. The molecule has 1 amide bonds. The van der Waals surface area contributed by atoms with Crippen LogP contribution in [-0.4, -0.2) is 85.7 Å². The average Bonchev–Trinajstić information content (AvgIpc) is 3.56. The van der Waals surface area contributed by atoms with Gasteiger partial charge < -0.3 is 15.0 Å². The summed E-state index contributed by atoms with van der Waals surface area (Å²) < 4.78 is 9.77. The Balaban J connectivity index is 1.15. The third-order valence-corrected chi connectivity index (χ3v) is 8.18. The number of benzene rings is 1. The monoisotopic (exact) mass is 566 g/mol. The van der Waals surface area contributed by atoms with Crippen molar-refractivity contribution >= 4 is 28.1 Å². The molecule has 1 aliphatic heterocycles. The van der Waals surface area contributed by atoms with Crippen LogP contribution in [0.4, 0.5) is 5.69 Å². The largest absolute Gasteiger partial charge is 0.492 e. The molecule has 1 N–H and O–H groups in total. The average molecular weight is 567 g/mol. The number of carbonyl (C=O) groups excluding carboxylic acids is 1. The first-order valence-corrected chi connectivity index (χ1v) is 14.6. The predicted octanol–water partition coefficient (Wildman–Crippen LogP) is 4.27. The fourth-order valence-electron chi connectivity index (χ4n) is 5.64. The number of ether oxygens (including phenoxy) is 1. The van der Waals surface area contributed by atoms with Crippen molar-refractivity contribution in [1.29, 1.82) is 0 Å². The predicted molar refractivity (Wildman–Crippen MR) is 164 cm³/mol. The van der Waals surface area contributed by atoms with Gasteiger partial charge in [0, 0.05) is 55.6 Å². The molecular formula is C32H38N8O2. The SMILES string of the molecule is CCc1cccc(Cn2nc(C)c3c(NC(=O)c4cnc5cc(OCCN6CCN(C)[C@@H](C)C6)ccn45)cccc32)n1. The molecule has 0 bridgehead atoms. The first-order valence-electron chi connectivity index (χ1n) is 14.6. The summed E-state index contributed by atoms with van der Waals surface area (Å²) in [5, 5.41) is 8.79. The molecule has 1 fully saturated rings. The van der Waals surface area contributed by atoms with Crippen LogP contribution in [0.5, 0.6) is 5.75 Å². The van der Waals surface area contributed by atoms with Crippen molar-refractivity contribution in [1.82, 2.24) is 33.9 Å². The van der Waals surface area contributed by atoms with E-state index in [9.17, 15) is 4.79 Å². The number of nitrogens with one attached hydrogen (secondary N) is 1. The zero-order valence-electron chi connectivity index (χ0n) is 24.7. The van der Waals surface area contributed by atoms with Crippen molar-refractivity contribution in [2.75, 3.05) is 45.2 Å². The Labute approximate surface area is 245 Å². The lowest BCUT2D eigenvalue weighted by Crippen LogP contribution is -2.50. The standard InChI is InChI=1S/C32H38N8O2/c1-5-24-8-6-9-25(34-24)21-40-28-11-7-10-27(31(28)23(3)36-40)35-32(41)29-19-33-30-18-26(12-13-39(29)30)42-17-16-38-15-14-37(4)22(2)20-38/h6-13,18-19,22H,5,14-17,20-21H2,1-4H3,(H,35,41)/t22-/m0/s1. The number of piperazine rings is 1. The Hall–Kier alpha value is -4.28. The van der Waals surface area contributed by atoms with Crippen LogP contribution in [0.25, 0.3) is 16.6 Å². The van der Waals surface area contributed by atoms with E-state index in [1.54, 1.807) is 10.6 Å². The van der Waals surface area contributed by atoms with E-state index in [4.69, 9.17) is 14.8 Å². The molecule has 42 heavy (non-hydrogen) atoms. The molecule has 1 aliphatic rings. The molecular weight excluding hydrogens is 528 g/mol. The number of aromatic nitrogens is 5. The van der Waals surface area contributed by atoms with Crippen molar-refractivity contribution < 1.29 is 9.53 Å². The topological polar surface area (TPSA) is 92.8 Å². The van der Waals surface area contributed by atoms with Crippen molar-refractivity contribution in [2.24, 2.45) is 0 Å². The molecule has 0 radical (unpaired) electrons. The van der Waals surface area contributed by atoms with Gasteiger partial charge in [0.25, 0.3) is 5.91 Å². The first kappa shape index (κ1) is 27.9. The highest BCUT2D eigenvalue weighted by Crippen LogP contribution is 2.28. The Kier molecular flexibility index (Phi) is 7.90. The quantitative estimate of drug-likeness (QED) is 0.285. The van der Waals surface area contributed by atoms with Gasteiger partial charge in [0.1, 0.15) is 23.7 Å². The number of fused-ring (bicyclic) bond motifs is 2. The van der Waals surface area contributed by atoms with Crippen LogP contribution in [-0.2, 0) is 13.0 Å². The highest BCUT2D eigenvalue weighted by atomic mass is 16.5. The second kappa shape index (κ2) is 11.9. The summed E-state index contributed by atoms with van der Waals surface area (Å²) in [6, 6.07) is 16.3. The third-order valence-electron chi connectivity index (χ3n) is 8.18. The van der Waals surface area contributed by atoms with Crippen molar-refractivity contribution in [3.05, 3.63) is 83.7 Å². The molecule has 1 atom stereocenters. The molecule has 10 heteroatoms. The van der Waals surface area contributed by atoms with E-state index in [1.165, 1.54) is 0 Å². The van der Waals surface area contributed by atoms with Gasteiger partial charge in [0.15, 0.2) is 0 Å². The molecule has 0 unspecified atom stereocenters. The summed E-state index contributed by atoms with van der Waals surface area (Å²) in [5.74, 6) is 0.506. The minimum absolute atomic E-state index is 0.239. The van der Waals surface area contributed by atoms with Gasteiger partial charge in [-0.25, -0.2) is 4.98 Å². The maximum absolute atomic E-state index is 13.4. The molecule has 5 heterocycles. The number of aryl methyl sites for hydroxylation is 2. The van der Waals surface area contributed by atoms with Crippen molar-refractivity contribution in [2.45, 2.75) is 39.8 Å². The molecule has 0 spiro atoms. The van der Waals surface area contributed by atoms with E-state index in [0.717, 1.165) is 66.3 Å². The van der Waals surface area contributed by atoms with Crippen LogP contribution < -0.4 is 10.1 Å². The van der Waals surface area contributed by atoms with Crippen LogP contribution in [0.3, 0.4) is 0 Å². The van der Waals surface area contributed by atoms with Crippen LogP contribution in [0, 0.1) is 6.92 Å². The van der Waals surface area contributed by atoms with Crippen molar-refractivity contribution in [3.8, 4) is 5.75 Å². The molecule has 6 rings (SSSR count). The minimum Gasteiger partial charge on any atom is -0.492 e. The smallest absolute Gasteiger partial charge is 0.274 e. The number of imidazole rings is 1. The number of amides is 1. The maximum Gasteiger partial charge on any atom is 0.274 e. The molecule has 10 nitrogen and oxygen atoms in total. The van der Waals surface area contributed by atoms with E-state index >= 15 is 0 Å². The van der Waals surface area contributed by atoms with E-state index < -0.39 is 0 Å². The van der Waals surface area contributed by atoms with Gasteiger partial charge in [-0.1, -0.05) is 19.1 Å². The summed E-state index contributed by atoms with van der Waals surface area (Å²) in [7, 11) is 2.18. The fraction of sp³-hybridized carbons (Fsp3) is 0.375. The number of pyridine rings is 2. The van der Waals surface area contributed by atoms with Crippen LogP contribution >= 0.6 is 0 Å². The lowest BCUT2D eigenvalue weighted by Gasteiger charge is -2.37. The summed E-state index contributed by atoms with van der Waals surface area (Å²) in [5.41, 5.74) is 5.63. The number of carbonyl (C=O) groups is 1. The Bertz CT molecular complexity index is 1720. The number of likely N-dealkylation sites (N-methyl/N-ethyl adjacent to an activating group) is 1. The maximum atomic E-state index is 13.4. The lowest BCUT2D eigenvalue weighted by atomic mass is 10.1. The highest BCUT2D eigenvalue weighted by molar-refractivity contribution is 6.08. The van der Waals surface area contributed by atoms with E-state index in [1.807, 2.05) is 66.3 Å². The van der Waals surface area contributed by atoms with Crippen LogP contribution in [0.1, 0.15) is 41.4 Å². The lowest BCUT2D eigenvalue weighted by molar-refractivity contribution is 0.0928. The second-order valence-electron chi connectivity index (χ2n) is 11.1. The molecule has 218 valence electrons. The highest BCUT2D eigenvalue weighted by Gasteiger charge is 2.21. The van der Waals surface area contributed by atoms with Crippen LogP contribution in [0.2, 0.25) is 0 Å². The summed E-state index contributed by atoms with van der Waals surface area (Å²) >= 11 is 0. The second-order valence-corrected chi connectivity index (χ2v) is 11.1. The zero-order valence-corrected chi connectivity index (χ0v) is 24.7. The molecule has 5 aromatic rings. The molecule has 1 aromatic carbocycles. The van der Waals surface area contributed by atoms with E-state index in [2.05, 4.69) is 41.0 Å². The molecule has 1 saturated heterocycles. The van der Waals surface area contributed by atoms with Gasteiger partial charge in [-0.3, -0.25) is 23.8 Å². The zero-order chi connectivity index (χ0) is 29.2. The van der Waals surface area contributed by atoms with Crippen LogP contribution in [0.15, 0.2) is 60.9 Å². The van der Waals surface area contributed by atoms with Gasteiger partial charge in [-0.15, -0.1) is 0 Å². The first-order chi connectivity index (χ1) is 20.4. The number of rotatable bonds is 9. The summed E-state index contributed by atoms with van der Waals surface area (Å²) in [6.45, 7) is 11.6. The molecule has 4 aromatic heterocycles. The Morgan fingerprint density at radius 3 is 2.79 bits per heavy atom. The summed E-state index contributed by atoms with van der Waals surface area (Å²) in [4.78, 5) is 27.5. The van der Waals surface area contributed by atoms with Gasteiger partial charge in [-0.05, 0) is 57.6 Å². The van der Waals surface area contributed by atoms with E-state index in [0.29, 0.717) is 36.2 Å². The Morgan fingerprint density at radius 2 is 1.95 bits per heavy atom. The van der Waals surface area contributed by atoms with Gasteiger partial charge in [0.05, 0.1) is 35.3 Å². The normalized spacial score (nSPS) is 16.3. The summed E-state index contributed by atoms with van der Waals surface area (Å²) in [6.07, 6.45) is 4.32. The number of hydrogen-bond donors (Lipinski definition) is 1. The van der Waals surface area contributed by atoms with Gasteiger partial charge in [0.2, 0.25) is 0 Å². The molecule has 0 aliphatic carbocycles. The number of anilines is 1. The number of nitrogens with zero attached hydrogens (tertiary/aromatic N) is 7. The van der Waals surface area contributed by atoms with E-state index in [-0.39, 0.29) is 5.91 Å². The minimum atomic E-state index is -0.239. The van der Waals surface area contributed by atoms with Gasteiger partial charge in [-0.2, -0.15) is 5.10 Å².